The van der Waals surface area contributed by atoms with Crippen LogP contribution in [0.2, 0.25) is 0 Å². The summed E-state index contributed by atoms with van der Waals surface area (Å²) in [5.74, 6) is 1.68. The minimum absolute atomic E-state index is 0. The summed E-state index contributed by atoms with van der Waals surface area (Å²) in [6.07, 6.45) is 14.6. The molecule has 0 aromatic heterocycles. The molecule has 2 rings (SSSR count). The minimum atomic E-state index is 0. The summed E-state index contributed by atoms with van der Waals surface area (Å²) in [6.45, 7) is 3.37. The van der Waals surface area contributed by atoms with Crippen molar-refractivity contribution in [1.29, 1.82) is 0 Å². The Morgan fingerprint density at radius 1 is 0.852 bits per heavy atom. The summed E-state index contributed by atoms with van der Waals surface area (Å²) in [5, 5.41) is 0. The SMILES string of the molecule is CCCCCCCCCCCC1=[N+](C)CCc2cc(OC)c(OC)cc21.[Cl-]. The minimum Gasteiger partial charge on any atom is -1.00 e. The summed E-state index contributed by atoms with van der Waals surface area (Å²) in [4.78, 5) is 0. The molecule has 0 aliphatic carbocycles. The van der Waals surface area contributed by atoms with Crippen LogP contribution in [0, 0.1) is 0 Å². The van der Waals surface area contributed by atoms with Crippen LogP contribution in [0.5, 0.6) is 11.5 Å². The Morgan fingerprint density at radius 3 is 2.00 bits per heavy atom. The van der Waals surface area contributed by atoms with Gasteiger partial charge in [0.05, 0.1) is 14.2 Å². The number of hydrogen-bond donors (Lipinski definition) is 0. The van der Waals surface area contributed by atoms with Gasteiger partial charge in [0.15, 0.2) is 17.2 Å². The van der Waals surface area contributed by atoms with Gasteiger partial charge in [-0.25, -0.2) is 4.58 Å². The average molecular weight is 396 g/mol. The number of nitrogens with zero attached hydrogens (tertiary/aromatic N) is 1. The van der Waals surface area contributed by atoms with Gasteiger partial charge >= 0.3 is 0 Å². The number of likely N-dealkylation sites (N-methyl/N-ethyl adjacent to an activating group) is 1. The van der Waals surface area contributed by atoms with Gasteiger partial charge in [0, 0.05) is 18.4 Å². The Labute approximate surface area is 172 Å². The molecule has 0 atom stereocenters. The first-order chi connectivity index (χ1) is 12.7. The van der Waals surface area contributed by atoms with Crippen LogP contribution in [-0.4, -0.2) is 38.1 Å². The molecule has 1 aromatic carbocycles. The maximum Gasteiger partial charge on any atom is 0.183 e. The molecular weight excluding hydrogens is 358 g/mol. The van der Waals surface area contributed by atoms with Crippen molar-refractivity contribution in [2.24, 2.45) is 0 Å². The number of halogens is 1. The Kier molecular flexibility index (Phi) is 11.5. The molecule has 0 unspecified atom stereocenters. The molecule has 1 aromatic rings. The molecule has 0 amide bonds. The highest BCUT2D eigenvalue weighted by Crippen LogP contribution is 2.33. The lowest BCUT2D eigenvalue weighted by atomic mass is 9.93. The molecule has 0 spiro atoms. The summed E-state index contributed by atoms with van der Waals surface area (Å²) < 4.78 is 13.4. The van der Waals surface area contributed by atoms with E-state index in [4.69, 9.17) is 9.47 Å². The number of unbranched alkanes of at least 4 members (excludes halogenated alkanes) is 8. The van der Waals surface area contributed by atoms with E-state index in [2.05, 4.69) is 30.7 Å². The fourth-order valence-electron chi connectivity index (χ4n) is 3.95. The topological polar surface area (TPSA) is 21.5 Å². The Morgan fingerprint density at radius 2 is 1.41 bits per heavy atom. The average Bonchev–Trinajstić information content (AvgIpc) is 2.67. The van der Waals surface area contributed by atoms with Gasteiger partial charge in [0.1, 0.15) is 13.6 Å². The van der Waals surface area contributed by atoms with Crippen LogP contribution in [0.3, 0.4) is 0 Å². The van der Waals surface area contributed by atoms with Crippen molar-refractivity contribution < 1.29 is 26.5 Å². The van der Waals surface area contributed by atoms with Crippen LogP contribution < -0.4 is 21.9 Å². The van der Waals surface area contributed by atoms with Gasteiger partial charge in [0.25, 0.3) is 0 Å². The number of methoxy groups -OCH3 is 2. The van der Waals surface area contributed by atoms with Crippen molar-refractivity contribution in [3.05, 3.63) is 23.3 Å². The Bertz CT molecular complexity index is 598. The standard InChI is InChI=1S/C23H38NO2.ClH/c1-5-6-7-8-9-10-11-12-13-14-21-20-18-23(26-4)22(25-3)17-19(20)15-16-24(21)2;/h17-18H,5-16H2,1-4H3;1H/q+1;/p-1. The number of rotatable bonds is 12. The maximum atomic E-state index is 5.53. The molecule has 0 fully saturated rings. The van der Waals surface area contributed by atoms with Crippen molar-refractivity contribution in [1.82, 2.24) is 0 Å². The summed E-state index contributed by atoms with van der Waals surface area (Å²) in [7, 11) is 5.66. The fourth-order valence-corrected chi connectivity index (χ4v) is 3.95. The number of fused-ring (bicyclic) bond motifs is 1. The van der Waals surface area contributed by atoms with E-state index in [-0.39, 0.29) is 12.4 Å². The highest BCUT2D eigenvalue weighted by atomic mass is 35.5. The molecule has 27 heavy (non-hydrogen) atoms. The van der Waals surface area contributed by atoms with E-state index in [9.17, 15) is 0 Å². The van der Waals surface area contributed by atoms with Gasteiger partial charge in [-0.15, -0.1) is 0 Å². The zero-order chi connectivity index (χ0) is 18.8. The molecule has 0 N–H and O–H groups in total. The molecule has 1 heterocycles. The molecular formula is C23H38ClNO2. The van der Waals surface area contributed by atoms with E-state index in [0.717, 1.165) is 30.9 Å². The van der Waals surface area contributed by atoms with E-state index < -0.39 is 0 Å². The largest absolute Gasteiger partial charge is 1.00 e. The zero-order valence-corrected chi connectivity index (χ0v) is 18.5. The molecule has 1 aliphatic rings. The van der Waals surface area contributed by atoms with Crippen LogP contribution in [0.1, 0.15) is 82.3 Å². The number of benzene rings is 1. The van der Waals surface area contributed by atoms with Gasteiger partial charge in [-0.3, -0.25) is 0 Å². The molecule has 4 heteroatoms. The first-order valence-corrected chi connectivity index (χ1v) is 10.5. The highest BCUT2D eigenvalue weighted by molar-refractivity contribution is 5.99. The highest BCUT2D eigenvalue weighted by Gasteiger charge is 2.25. The lowest BCUT2D eigenvalue weighted by Crippen LogP contribution is -3.00. The van der Waals surface area contributed by atoms with Crippen LogP contribution in [0.25, 0.3) is 0 Å². The van der Waals surface area contributed by atoms with E-state index >= 15 is 0 Å². The van der Waals surface area contributed by atoms with Gasteiger partial charge in [-0.2, -0.15) is 0 Å². The second kappa shape index (κ2) is 13.0. The van der Waals surface area contributed by atoms with Gasteiger partial charge in [0.2, 0.25) is 0 Å². The van der Waals surface area contributed by atoms with Crippen molar-refractivity contribution in [3.8, 4) is 11.5 Å². The Balaban J connectivity index is 0.00000364. The molecule has 3 nitrogen and oxygen atoms in total. The first-order valence-electron chi connectivity index (χ1n) is 10.5. The van der Waals surface area contributed by atoms with E-state index in [1.807, 2.05) is 0 Å². The zero-order valence-electron chi connectivity index (χ0n) is 17.8. The normalized spacial score (nSPS) is 13.2. The second-order valence-electron chi connectivity index (χ2n) is 7.56. The van der Waals surface area contributed by atoms with Crippen molar-refractivity contribution in [3.63, 3.8) is 0 Å². The molecule has 0 bridgehead atoms. The maximum absolute atomic E-state index is 5.53. The molecule has 1 aliphatic heterocycles. The second-order valence-corrected chi connectivity index (χ2v) is 7.56. The van der Waals surface area contributed by atoms with Crippen molar-refractivity contribution in [2.75, 3.05) is 27.8 Å². The third-order valence-corrected chi connectivity index (χ3v) is 5.61. The van der Waals surface area contributed by atoms with Crippen LogP contribution in [-0.2, 0) is 6.42 Å². The molecule has 0 radical (unpaired) electrons. The molecule has 0 saturated heterocycles. The van der Waals surface area contributed by atoms with E-state index in [1.165, 1.54) is 74.6 Å². The van der Waals surface area contributed by atoms with Crippen molar-refractivity contribution >= 4 is 5.71 Å². The smallest absolute Gasteiger partial charge is 0.183 e. The van der Waals surface area contributed by atoms with Gasteiger partial charge < -0.3 is 21.9 Å². The number of hydrogen-bond acceptors (Lipinski definition) is 2. The van der Waals surface area contributed by atoms with Crippen LogP contribution in [0.4, 0.5) is 0 Å². The molecule has 154 valence electrons. The summed E-state index contributed by atoms with van der Waals surface area (Å²) >= 11 is 0. The summed E-state index contributed by atoms with van der Waals surface area (Å²) in [5.41, 5.74) is 4.22. The molecule has 0 saturated carbocycles. The summed E-state index contributed by atoms with van der Waals surface area (Å²) in [6, 6.07) is 4.34. The van der Waals surface area contributed by atoms with E-state index in [1.54, 1.807) is 14.2 Å². The number of ether oxygens (including phenoxy) is 2. The quantitative estimate of drug-likeness (QED) is 0.401. The predicted molar refractivity (Wildman–Crippen MR) is 110 cm³/mol. The third-order valence-electron chi connectivity index (χ3n) is 5.61. The van der Waals surface area contributed by atoms with E-state index in [0.29, 0.717) is 0 Å². The van der Waals surface area contributed by atoms with Gasteiger partial charge in [-0.1, -0.05) is 58.3 Å². The lowest BCUT2D eigenvalue weighted by molar-refractivity contribution is -0.499. The monoisotopic (exact) mass is 395 g/mol. The fraction of sp³-hybridized carbons (Fsp3) is 0.696. The van der Waals surface area contributed by atoms with Gasteiger partial charge in [-0.05, 0) is 24.1 Å². The third kappa shape index (κ3) is 7.03. The van der Waals surface area contributed by atoms with Crippen LogP contribution >= 0.6 is 0 Å². The Hall–Kier alpha value is -1.22. The predicted octanol–water partition coefficient (Wildman–Crippen LogP) is 2.62. The van der Waals surface area contributed by atoms with Crippen LogP contribution in [0.15, 0.2) is 12.1 Å². The first kappa shape index (κ1) is 23.8. The van der Waals surface area contributed by atoms with Crippen molar-refractivity contribution in [2.45, 2.75) is 77.6 Å². The lowest BCUT2D eigenvalue weighted by Gasteiger charge is -2.19.